The zero-order chi connectivity index (χ0) is 18.9. The first kappa shape index (κ1) is 19.0. The van der Waals surface area contributed by atoms with Gasteiger partial charge in [0.2, 0.25) is 5.91 Å². The van der Waals surface area contributed by atoms with E-state index in [2.05, 4.69) is 28.2 Å². The van der Waals surface area contributed by atoms with Crippen molar-refractivity contribution < 1.29 is 9.59 Å². The van der Waals surface area contributed by atoms with Crippen LogP contribution in [0.1, 0.15) is 64.7 Å². The molecule has 5 fully saturated rings. The molecule has 0 spiro atoms. The van der Waals surface area contributed by atoms with Gasteiger partial charge in [-0.25, -0.2) is 4.79 Å². The van der Waals surface area contributed by atoms with E-state index in [-0.39, 0.29) is 22.9 Å². The maximum absolute atomic E-state index is 12.4. The summed E-state index contributed by atoms with van der Waals surface area (Å²) in [7, 11) is 0. The molecule has 152 valence electrons. The Balaban J connectivity index is 1.15. The van der Waals surface area contributed by atoms with Crippen molar-refractivity contribution in [3.05, 3.63) is 0 Å². The number of rotatable bonds is 6. The van der Waals surface area contributed by atoms with Gasteiger partial charge in [0, 0.05) is 25.0 Å². The molecule has 0 aromatic heterocycles. The second kappa shape index (κ2) is 7.61. The van der Waals surface area contributed by atoms with E-state index >= 15 is 0 Å². The molecule has 0 aromatic rings. The summed E-state index contributed by atoms with van der Waals surface area (Å²) < 4.78 is 0. The normalized spacial score (nSPS) is 36.3. The van der Waals surface area contributed by atoms with Crippen molar-refractivity contribution >= 4 is 11.9 Å². The van der Waals surface area contributed by atoms with Crippen LogP contribution in [0.4, 0.5) is 4.79 Å². The van der Waals surface area contributed by atoms with Gasteiger partial charge in [-0.2, -0.15) is 0 Å². The molecule has 4 bridgehead atoms. The van der Waals surface area contributed by atoms with Gasteiger partial charge in [-0.05, 0) is 87.6 Å². The van der Waals surface area contributed by atoms with Crippen LogP contribution in [0, 0.1) is 23.2 Å². The molecule has 6 nitrogen and oxygen atoms in total. The van der Waals surface area contributed by atoms with Crippen molar-refractivity contribution in [2.45, 2.75) is 70.3 Å². The summed E-state index contributed by atoms with van der Waals surface area (Å²) >= 11 is 0. The van der Waals surface area contributed by atoms with Crippen LogP contribution >= 0.6 is 0 Å². The molecule has 4 saturated carbocycles. The lowest BCUT2D eigenvalue weighted by molar-refractivity contribution is -0.121. The van der Waals surface area contributed by atoms with Gasteiger partial charge in [-0.3, -0.25) is 4.79 Å². The van der Waals surface area contributed by atoms with Gasteiger partial charge in [0.25, 0.3) is 0 Å². The molecular formula is C21H36N4O2. The third-order valence-corrected chi connectivity index (χ3v) is 7.58. The van der Waals surface area contributed by atoms with E-state index in [1.54, 1.807) is 0 Å². The number of carbonyl (C=O) groups is 2. The lowest BCUT2D eigenvalue weighted by Gasteiger charge is -2.56. The number of urea groups is 1. The van der Waals surface area contributed by atoms with Crippen molar-refractivity contribution in [2.75, 3.05) is 26.2 Å². The second-order valence-electron chi connectivity index (χ2n) is 10.2. The van der Waals surface area contributed by atoms with Gasteiger partial charge in [0.1, 0.15) is 0 Å². The highest BCUT2D eigenvalue weighted by atomic mass is 16.2. The van der Waals surface area contributed by atoms with E-state index in [4.69, 9.17) is 0 Å². The molecule has 4 N–H and O–H groups in total. The average Bonchev–Trinajstić information content (AvgIpc) is 2.59. The minimum Gasteiger partial charge on any atom is -0.355 e. The predicted octanol–water partition coefficient (Wildman–Crippen LogP) is 2.15. The smallest absolute Gasteiger partial charge is 0.315 e. The van der Waals surface area contributed by atoms with Crippen LogP contribution in [-0.2, 0) is 4.79 Å². The topological polar surface area (TPSA) is 82.3 Å². The number of hydrogen-bond acceptors (Lipinski definition) is 3. The predicted molar refractivity (Wildman–Crippen MR) is 105 cm³/mol. The Morgan fingerprint density at radius 2 is 1.56 bits per heavy atom. The van der Waals surface area contributed by atoms with E-state index in [0.717, 1.165) is 69.5 Å². The van der Waals surface area contributed by atoms with Crippen LogP contribution in [-0.4, -0.2) is 43.7 Å². The first-order chi connectivity index (χ1) is 12.9. The van der Waals surface area contributed by atoms with Crippen molar-refractivity contribution in [2.24, 2.45) is 23.2 Å². The Bertz CT molecular complexity index is 535. The zero-order valence-corrected chi connectivity index (χ0v) is 16.7. The highest BCUT2D eigenvalue weighted by Crippen LogP contribution is 2.55. The number of nitrogens with one attached hydrogen (secondary N) is 4. The summed E-state index contributed by atoms with van der Waals surface area (Å²) in [6.07, 6.45) is 10.1. The summed E-state index contributed by atoms with van der Waals surface area (Å²) in [4.78, 5) is 24.5. The highest BCUT2D eigenvalue weighted by molar-refractivity contribution is 5.78. The molecule has 4 aliphatic carbocycles. The van der Waals surface area contributed by atoms with Gasteiger partial charge in [0.15, 0.2) is 0 Å². The number of carbonyl (C=O) groups excluding carboxylic acids is 2. The Labute approximate surface area is 163 Å². The molecule has 1 heterocycles. The zero-order valence-electron chi connectivity index (χ0n) is 16.7. The first-order valence-corrected chi connectivity index (χ1v) is 11.0. The van der Waals surface area contributed by atoms with Crippen LogP contribution in [0.5, 0.6) is 0 Å². The molecule has 5 aliphatic rings. The minimum absolute atomic E-state index is 0.0323. The quantitative estimate of drug-likeness (QED) is 0.573. The largest absolute Gasteiger partial charge is 0.355 e. The van der Waals surface area contributed by atoms with Crippen LogP contribution in [0.2, 0.25) is 0 Å². The van der Waals surface area contributed by atoms with E-state index in [1.165, 1.54) is 19.3 Å². The monoisotopic (exact) mass is 376 g/mol. The van der Waals surface area contributed by atoms with Gasteiger partial charge in [-0.1, -0.05) is 6.92 Å². The lowest BCUT2D eigenvalue weighted by Crippen LogP contribution is -2.61. The summed E-state index contributed by atoms with van der Waals surface area (Å²) in [6.45, 7) is 5.43. The molecule has 1 aliphatic heterocycles. The van der Waals surface area contributed by atoms with Crippen LogP contribution in [0.25, 0.3) is 0 Å². The van der Waals surface area contributed by atoms with Crippen molar-refractivity contribution in [1.29, 1.82) is 0 Å². The molecule has 0 radical (unpaired) electrons. The standard InChI is InChI=1S/C21H36N4O2/c1-20(3-6-22-7-4-20)14-24-18(26)2-5-23-19(27)25-21-11-15-8-16(12-21)10-17(9-15)13-21/h15-17,22H,2-14H2,1H3,(H,24,26)(H2,23,25,27). The summed E-state index contributed by atoms with van der Waals surface area (Å²) in [6, 6.07) is -0.0879. The minimum atomic E-state index is -0.0879. The van der Waals surface area contributed by atoms with Crippen molar-refractivity contribution in [3.63, 3.8) is 0 Å². The van der Waals surface area contributed by atoms with Gasteiger partial charge >= 0.3 is 6.03 Å². The SMILES string of the molecule is CC1(CNC(=O)CCNC(=O)NC23CC4CC(CC(C4)C2)C3)CCNCC1. The summed E-state index contributed by atoms with van der Waals surface area (Å²) in [5, 5.41) is 12.6. The Hall–Kier alpha value is -1.30. The molecule has 6 heteroatoms. The molecule has 1 saturated heterocycles. The highest BCUT2D eigenvalue weighted by Gasteiger charge is 2.51. The van der Waals surface area contributed by atoms with Crippen LogP contribution < -0.4 is 21.3 Å². The van der Waals surface area contributed by atoms with E-state index in [9.17, 15) is 9.59 Å². The fourth-order valence-corrected chi connectivity index (χ4v) is 6.45. The van der Waals surface area contributed by atoms with Gasteiger partial charge < -0.3 is 21.3 Å². The summed E-state index contributed by atoms with van der Waals surface area (Å²) in [5.41, 5.74) is 0.231. The van der Waals surface area contributed by atoms with E-state index in [1.807, 2.05) is 0 Å². The van der Waals surface area contributed by atoms with Crippen molar-refractivity contribution in [1.82, 2.24) is 21.3 Å². The molecule has 0 atom stereocenters. The molecular weight excluding hydrogens is 340 g/mol. The Morgan fingerprint density at radius 1 is 0.963 bits per heavy atom. The van der Waals surface area contributed by atoms with Crippen LogP contribution in [0.3, 0.4) is 0 Å². The fraction of sp³-hybridized carbons (Fsp3) is 0.905. The second-order valence-corrected chi connectivity index (χ2v) is 10.2. The molecule has 0 aromatic carbocycles. The maximum Gasteiger partial charge on any atom is 0.315 e. The van der Waals surface area contributed by atoms with Crippen LogP contribution in [0.15, 0.2) is 0 Å². The third-order valence-electron chi connectivity index (χ3n) is 7.58. The first-order valence-electron chi connectivity index (χ1n) is 11.0. The van der Waals surface area contributed by atoms with Gasteiger partial charge in [-0.15, -0.1) is 0 Å². The number of hydrogen-bond donors (Lipinski definition) is 4. The van der Waals surface area contributed by atoms with Gasteiger partial charge in [0.05, 0.1) is 0 Å². The number of piperidine rings is 1. The number of amides is 3. The lowest BCUT2D eigenvalue weighted by atomic mass is 9.53. The fourth-order valence-electron chi connectivity index (χ4n) is 6.45. The van der Waals surface area contributed by atoms with Crippen molar-refractivity contribution in [3.8, 4) is 0 Å². The Morgan fingerprint density at radius 3 is 2.15 bits per heavy atom. The average molecular weight is 377 g/mol. The molecule has 0 unspecified atom stereocenters. The molecule has 3 amide bonds. The molecule has 5 rings (SSSR count). The van der Waals surface area contributed by atoms with E-state index in [0.29, 0.717) is 13.0 Å². The van der Waals surface area contributed by atoms with E-state index < -0.39 is 0 Å². The third kappa shape index (κ3) is 4.58. The Kier molecular flexibility index (Phi) is 5.36. The maximum atomic E-state index is 12.4. The summed E-state index contributed by atoms with van der Waals surface area (Å²) in [5.74, 6) is 2.49. The molecule has 27 heavy (non-hydrogen) atoms.